The normalized spacial score (nSPS) is 12.7. The SMILES string of the molecule is C/C=C(\C=C(\c1cc(F)cc(OC(F)(F)F)c1)N(C)c1cncc(F)c1)C(=O)O. The van der Waals surface area contributed by atoms with E-state index in [1.807, 2.05) is 0 Å². The van der Waals surface area contributed by atoms with Crippen molar-refractivity contribution in [2.24, 2.45) is 0 Å². The molecule has 0 aliphatic rings. The fourth-order valence-electron chi connectivity index (χ4n) is 2.42. The van der Waals surface area contributed by atoms with E-state index >= 15 is 0 Å². The Labute approximate surface area is 162 Å². The topological polar surface area (TPSA) is 62.7 Å². The first-order valence-corrected chi connectivity index (χ1v) is 8.02. The van der Waals surface area contributed by atoms with E-state index in [2.05, 4.69) is 9.72 Å². The zero-order chi connectivity index (χ0) is 21.8. The Morgan fingerprint density at radius 1 is 1.14 bits per heavy atom. The number of hydrogen-bond donors (Lipinski definition) is 1. The molecule has 0 saturated heterocycles. The Kier molecular flexibility index (Phi) is 6.57. The maximum absolute atomic E-state index is 14.0. The van der Waals surface area contributed by atoms with E-state index in [4.69, 9.17) is 0 Å². The number of aromatic nitrogens is 1. The van der Waals surface area contributed by atoms with Crippen LogP contribution in [0.2, 0.25) is 0 Å². The molecule has 0 unspecified atom stereocenters. The van der Waals surface area contributed by atoms with Gasteiger partial charge >= 0.3 is 12.3 Å². The maximum Gasteiger partial charge on any atom is 0.573 e. The molecule has 0 atom stereocenters. The van der Waals surface area contributed by atoms with Gasteiger partial charge in [-0.05, 0) is 25.1 Å². The third-order valence-corrected chi connectivity index (χ3v) is 3.69. The van der Waals surface area contributed by atoms with Crippen molar-refractivity contribution in [2.45, 2.75) is 13.3 Å². The monoisotopic (exact) mass is 414 g/mol. The number of anilines is 1. The Balaban J connectivity index is 2.65. The molecular formula is C19H15F5N2O3. The predicted molar refractivity (Wildman–Crippen MR) is 95.1 cm³/mol. The lowest BCUT2D eigenvalue weighted by Gasteiger charge is -2.24. The molecule has 5 nitrogen and oxygen atoms in total. The minimum absolute atomic E-state index is 0.0283. The van der Waals surface area contributed by atoms with Gasteiger partial charge in [0, 0.05) is 30.4 Å². The molecule has 154 valence electrons. The number of benzene rings is 1. The zero-order valence-electron chi connectivity index (χ0n) is 15.2. The molecule has 0 radical (unpaired) electrons. The summed E-state index contributed by atoms with van der Waals surface area (Å²) in [5.41, 5.74) is -0.227. The highest BCUT2D eigenvalue weighted by Gasteiger charge is 2.31. The lowest BCUT2D eigenvalue weighted by atomic mass is 10.1. The van der Waals surface area contributed by atoms with Crippen LogP contribution >= 0.6 is 0 Å². The average molecular weight is 414 g/mol. The van der Waals surface area contributed by atoms with Crippen molar-refractivity contribution >= 4 is 17.4 Å². The first-order chi connectivity index (χ1) is 13.5. The van der Waals surface area contributed by atoms with Crippen molar-refractivity contribution in [1.82, 2.24) is 4.98 Å². The smallest absolute Gasteiger partial charge is 0.478 e. The van der Waals surface area contributed by atoms with Crippen LogP contribution in [0.3, 0.4) is 0 Å². The van der Waals surface area contributed by atoms with Crippen molar-refractivity contribution < 1.29 is 36.6 Å². The summed E-state index contributed by atoms with van der Waals surface area (Å²) in [5, 5.41) is 9.28. The minimum Gasteiger partial charge on any atom is -0.478 e. The van der Waals surface area contributed by atoms with E-state index in [9.17, 15) is 31.9 Å². The quantitative estimate of drug-likeness (QED) is 0.419. The van der Waals surface area contributed by atoms with Gasteiger partial charge in [-0.25, -0.2) is 13.6 Å². The molecule has 0 amide bonds. The van der Waals surface area contributed by atoms with E-state index in [-0.39, 0.29) is 22.5 Å². The van der Waals surface area contributed by atoms with E-state index in [0.717, 1.165) is 30.5 Å². The van der Waals surface area contributed by atoms with Crippen LogP contribution in [0, 0.1) is 11.6 Å². The Morgan fingerprint density at radius 2 is 1.83 bits per heavy atom. The summed E-state index contributed by atoms with van der Waals surface area (Å²) in [7, 11) is 1.40. The van der Waals surface area contributed by atoms with Crippen molar-refractivity contribution in [3.8, 4) is 5.75 Å². The second-order valence-corrected chi connectivity index (χ2v) is 5.72. The largest absolute Gasteiger partial charge is 0.573 e. The van der Waals surface area contributed by atoms with Crippen LogP contribution in [0.25, 0.3) is 5.70 Å². The highest BCUT2D eigenvalue weighted by molar-refractivity contribution is 5.94. The van der Waals surface area contributed by atoms with Crippen LogP contribution in [-0.2, 0) is 4.79 Å². The number of carboxylic acid groups (broad SMARTS) is 1. The van der Waals surface area contributed by atoms with E-state index in [1.54, 1.807) is 0 Å². The fourth-order valence-corrected chi connectivity index (χ4v) is 2.42. The summed E-state index contributed by atoms with van der Waals surface area (Å²) >= 11 is 0. The van der Waals surface area contributed by atoms with Crippen LogP contribution in [0.4, 0.5) is 27.6 Å². The average Bonchev–Trinajstić information content (AvgIpc) is 2.59. The highest BCUT2D eigenvalue weighted by atomic mass is 19.4. The number of hydrogen-bond acceptors (Lipinski definition) is 4. The van der Waals surface area contributed by atoms with Gasteiger partial charge < -0.3 is 14.7 Å². The minimum atomic E-state index is -5.05. The number of nitrogens with zero attached hydrogens (tertiary/aromatic N) is 2. The summed E-state index contributed by atoms with van der Waals surface area (Å²) < 4.78 is 68.9. The van der Waals surface area contributed by atoms with Crippen LogP contribution in [0.15, 0.2) is 54.4 Å². The molecule has 0 aliphatic heterocycles. The van der Waals surface area contributed by atoms with Gasteiger partial charge in [-0.15, -0.1) is 13.2 Å². The van der Waals surface area contributed by atoms with Crippen molar-refractivity contribution in [1.29, 1.82) is 0 Å². The third kappa shape index (κ3) is 6.03. The van der Waals surface area contributed by atoms with E-state index in [1.165, 1.54) is 31.1 Å². The molecule has 0 saturated carbocycles. The number of pyridine rings is 1. The Morgan fingerprint density at radius 3 is 2.38 bits per heavy atom. The Hall–Kier alpha value is -3.43. The molecule has 0 spiro atoms. The van der Waals surface area contributed by atoms with Gasteiger partial charge in [0.05, 0.1) is 23.7 Å². The number of halogens is 5. The second kappa shape index (κ2) is 8.72. The van der Waals surface area contributed by atoms with Crippen LogP contribution in [0.1, 0.15) is 12.5 Å². The third-order valence-electron chi connectivity index (χ3n) is 3.69. The number of ether oxygens (including phenoxy) is 1. The zero-order valence-corrected chi connectivity index (χ0v) is 15.2. The number of carbonyl (C=O) groups is 1. The summed E-state index contributed by atoms with van der Waals surface area (Å²) in [4.78, 5) is 16.3. The van der Waals surface area contributed by atoms with Crippen molar-refractivity contribution in [3.63, 3.8) is 0 Å². The van der Waals surface area contributed by atoms with Gasteiger partial charge in [0.25, 0.3) is 0 Å². The molecule has 1 heterocycles. The van der Waals surface area contributed by atoms with Gasteiger partial charge in [0.1, 0.15) is 17.4 Å². The maximum atomic E-state index is 14.0. The van der Waals surface area contributed by atoms with Crippen LogP contribution in [-0.4, -0.2) is 29.5 Å². The summed E-state index contributed by atoms with van der Waals surface area (Å²) in [6, 6.07) is 3.39. The molecule has 1 aromatic carbocycles. The summed E-state index contributed by atoms with van der Waals surface area (Å²) in [6.45, 7) is 1.44. The molecule has 1 aromatic heterocycles. The van der Waals surface area contributed by atoms with Crippen molar-refractivity contribution in [3.05, 3.63) is 71.6 Å². The molecule has 2 aromatic rings. The number of aliphatic carboxylic acids is 1. The lowest BCUT2D eigenvalue weighted by molar-refractivity contribution is -0.274. The molecule has 29 heavy (non-hydrogen) atoms. The molecule has 1 N–H and O–H groups in total. The van der Waals surface area contributed by atoms with Gasteiger partial charge in [-0.2, -0.15) is 0 Å². The lowest BCUT2D eigenvalue weighted by Crippen LogP contribution is -2.19. The van der Waals surface area contributed by atoms with Gasteiger partial charge in [-0.1, -0.05) is 6.08 Å². The van der Waals surface area contributed by atoms with Crippen LogP contribution in [0.5, 0.6) is 5.75 Å². The predicted octanol–water partition coefficient (Wildman–Crippen LogP) is 4.77. The standard InChI is InChI=1S/C19H15F5N2O3/c1-3-11(18(27)28)6-17(26(2)15-7-14(21)9-25-10-15)12-4-13(20)8-16(5-12)29-19(22,23)24/h3-10H,1-2H3,(H,27,28)/b11-3+,17-6-. The summed E-state index contributed by atoms with van der Waals surface area (Å²) in [5.74, 6) is -3.89. The van der Waals surface area contributed by atoms with Gasteiger partial charge in [0.2, 0.25) is 0 Å². The van der Waals surface area contributed by atoms with Gasteiger partial charge in [0.15, 0.2) is 0 Å². The molecule has 2 rings (SSSR count). The number of carboxylic acids is 1. The van der Waals surface area contributed by atoms with Gasteiger partial charge in [-0.3, -0.25) is 4.98 Å². The first kappa shape index (κ1) is 21.9. The molecule has 10 heteroatoms. The molecule has 0 fully saturated rings. The summed E-state index contributed by atoms with van der Waals surface area (Å²) in [6.07, 6.45) is -0.513. The number of allylic oxidation sites excluding steroid dienone is 1. The molecular weight excluding hydrogens is 399 g/mol. The fraction of sp³-hybridized carbons (Fsp3) is 0.158. The van der Waals surface area contributed by atoms with E-state index < -0.39 is 29.7 Å². The number of alkyl halides is 3. The Bertz CT molecular complexity index is 971. The first-order valence-electron chi connectivity index (χ1n) is 8.02. The highest BCUT2D eigenvalue weighted by Crippen LogP contribution is 2.31. The number of rotatable bonds is 6. The van der Waals surface area contributed by atoms with Crippen molar-refractivity contribution in [2.75, 3.05) is 11.9 Å². The van der Waals surface area contributed by atoms with E-state index in [0.29, 0.717) is 6.07 Å². The molecule has 0 bridgehead atoms. The molecule has 0 aliphatic carbocycles. The second-order valence-electron chi connectivity index (χ2n) is 5.72. The van der Waals surface area contributed by atoms with Crippen LogP contribution < -0.4 is 9.64 Å².